The zero-order valence-electron chi connectivity index (χ0n) is 24.9. The molecule has 5 rings (SSSR count). The van der Waals surface area contributed by atoms with E-state index >= 15 is 0 Å². The summed E-state index contributed by atoms with van der Waals surface area (Å²) in [7, 11) is -0.388. The highest BCUT2D eigenvalue weighted by atomic mass is 32.2. The molecule has 4 N–H and O–H groups in total. The monoisotopic (exact) mass is 620 g/mol. The van der Waals surface area contributed by atoms with Crippen LogP contribution in [0, 0.1) is 5.41 Å². The van der Waals surface area contributed by atoms with Crippen LogP contribution in [-0.4, -0.2) is 84.5 Å². The maximum atomic E-state index is 12.6. The van der Waals surface area contributed by atoms with Crippen molar-refractivity contribution in [2.45, 2.75) is 0 Å². The van der Waals surface area contributed by atoms with E-state index in [4.69, 9.17) is 24.6 Å². The average molecular weight is 621 g/mol. The van der Waals surface area contributed by atoms with Crippen molar-refractivity contribution in [2.75, 3.05) is 79.7 Å². The average Bonchev–Trinajstić information content (AvgIpc) is 3.03. The van der Waals surface area contributed by atoms with Crippen LogP contribution < -0.4 is 34.6 Å². The van der Waals surface area contributed by atoms with Gasteiger partial charge in [0.15, 0.2) is 11.5 Å². The van der Waals surface area contributed by atoms with E-state index in [2.05, 4.69) is 32.4 Å². The standard InChI is InChI=1S/C30H36N8O5S/c1-5-20-19-33-30(34-22-6-8-25(38-10-12-41-13-11-38)23(16-22)21(17-31)18-32-2)36-29(20)35-24-7-9-26-28(43-15-14-42-26)27(24)37(3)44(4,39)40/h5-9,16-19,31-32H,1,10-15H2,2-4H3,(H2,33,34,35,36)/b21-18+,31-17?. The normalized spacial score (nSPS) is 14.9. The highest BCUT2D eigenvalue weighted by molar-refractivity contribution is 7.92. The van der Waals surface area contributed by atoms with Gasteiger partial charge in [-0.2, -0.15) is 4.98 Å². The van der Waals surface area contributed by atoms with Crippen LogP contribution in [0.25, 0.3) is 11.6 Å². The number of aromatic nitrogens is 2. The molecule has 0 aliphatic carbocycles. The van der Waals surface area contributed by atoms with E-state index in [0.717, 1.165) is 40.6 Å². The van der Waals surface area contributed by atoms with E-state index in [1.165, 1.54) is 13.3 Å². The highest BCUT2D eigenvalue weighted by Crippen LogP contribution is 2.46. The molecule has 2 aromatic carbocycles. The zero-order chi connectivity index (χ0) is 31.3. The number of benzene rings is 2. The van der Waals surface area contributed by atoms with Crippen LogP contribution in [0.15, 0.2) is 49.3 Å². The van der Waals surface area contributed by atoms with Crippen molar-refractivity contribution in [1.29, 1.82) is 5.41 Å². The molecule has 3 aromatic rings. The first-order valence-corrected chi connectivity index (χ1v) is 15.8. The molecule has 0 atom stereocenters. The van der Waals surface area contributed by atoms with Crippen molar-refractivity contribution < 1.29 is 22.6 Å². The van der Waals surface area contributed by atoms with Gasteiger partial charge in [-0.05, 0) is 30.3 Å². The van der Waals surface area contributed by atoms with Gasteiger partial charge in [0.25, 0.3) is 0 Å². The van der Waals surface area contributed by atoms with Crippen LogP contribution in [0.2, 0.25) is 0 Å². The molecule has 232 valence electrons. The Morgan fingerprint density at radius 3 is 2.59 bits per heavy atom. The molecular weight excluding hydrogens is 584 g/mol. The second kappa shape index (κ2) is 13.2. The maximum absolute atomic E-state index is 12.6. The Hall–Kier alpha value is -4.82. The highest BCUT2D eigenvalue weighted by Gasteiger charge is 2.27. The number of nitrogens with zero attached hydrogens (tertiary/aromatic N) is 4. The van der Waals surface area contributed by atoms with Crippen molar-refractivity contribution in [3.63, 3.8) is 0 Å². The van der Waals surface area contributed by atoms with Gasteiger partial charge in [0, 0.05) is 73.9 Å². The Morgan fingerprint density at radius 1 is 1.11 bits per heavy atom. The van der Waals surface area contributed by atoms with Crippen LogP contribution in [0.3, 0.4) is 0 Å². The largest absolute Gasteiger partial charge is 0.486 e. The minimum Gasteiger partial charge on any atom is -0.486 e. The van der Waals surface area contributed by atoms with Crippen LogP contribution >= 0.6 is 0 Å². The van der Waals surface area contributed by atoms with E-state index in [9.17, 15) is 8.42 Å². The number of sulfonamides is 1. The Morgan fingerprint density at radius 2 is 1.89 bits per heavy atom. The molecule has 2 aliphatic heterocycles. The van der Waals surface area contributed by atoms with Gasteiger partial charge in [0.05, 0.1) is 25.2 Å². The third-order valence-corrected chi connectivity index (χ3v) is 8.33. The molecule has 3 heterocycles. The molecule has 0 amide bonds. The summed E-state index contributed by atoms with van der Waals surface area (Å²) in [5, 5.41) is 17.6. The van der Waals surface area contributed by atoms with Gasteiger partial charge in [-0.3, -0.25) is 4.31 Å². The second-order valence-electron chi connectivity index (χ2n) is 10.0. The first-order chi connectivity index (χ1) is 21.2. The zero-order valence-corrected chi connectivity index (χ0v) is 25.7. The van der Waals surface area contributed by atoms with Crippen LogP contribution in [0.1, 0.15) is 11.1 Å². The molecule has 14 heteroatoms. The van der Waals surface area contributed by atoms with Crippen molar-refractivity contribution in [3.8, 4) is 11.5 Å². The van der Waals surface area contributed by atoms with Crippen LogP contribution in [0.4, 0.5) is 34.5 Å². The first kappa shape index (κ1) is 30.6. The summed E-state index contributed by atoms with van der Waals surface area (Å²) in [5.41, 5.74) is 4.64. The third-order valence-electron chi connectivity index (χ3n) is 7.16. The third kappa shape index (κ3) is 6.55. The molecule has 1 saturated heterocycles. The number of fused-ring (bicyclic) bond motifs is 1. The van der Waals surface area contributed by atoms with Crippen LogP contribution in [-0.2, 0) is 14.8 Å². The molecule has 1 aromatic heterocycles. The van der Waals surface area contributed by atoms with Gasteiger partial charge in [-0.15, -0.1) is 0 Å². The Balaban J connectivity index is 1.51. The molecule has 0 bridgehead atoms. The summed E-state index contributed by atoms with van der Waals surface area (Å²) in [6.45, 7) is 7.32. The van der Waals surface area contributed by atoms with Crippen molar-refractivity contribution in [1.82, 2.24) is 15.3 Å². The first-order valence-electron chi connectivity index (χ1n) is 14.0. The number of ether oxygens (including phenoxy) is 3. The molecule has 44 heavy (non-hydrogen) atoms. The number of hydrogen-bond acceptors (Lipinski definition) is 12. The number of nitrogens with one attached hydrogen (secondary N) is 4. The minimum absolute atomic E-state index is 0.288. The summed E-state index contributed by atoms with van der Waals surface area (Å²) in [5.74, 6) is 1.48. The smallest absolute Gasteiger partial charge is 0.232 e. The quantitative estimate of drug-likeness (QED) is 0.231. The van der Waals surface area contributed by atoms with Crippen LogP contribution in [0.5, 0.6) is 11.5 Å². The topological polar surface area (TPSA) is 154 Å². The number of rotatable bonds is 11. The molecule has 0 unspecified atom stereocenters. The Kier molecular flexibility index (Phi) is 9.20. The van der Waals surface area contributed by atoms with Crippen molar-refractivity contribution in [3.05, 3.63) is 60.4 Å². The predicted molar refractivity (Wildman–Crippen MR) is 175 cm³/mol. The lowest BCUT2D eigenvalue weighted by atomic mass is 10.0. The fourth-order valence-electron chi connectivity index (χ4n) is 4.92. The Labute approximate surface area is 257 Å². The number of anilines is 6. The van der Waals surface area contributed by atoms with E-state index in [-0.39, 0.29) is 6.61 Å². The van der Waals surface area contributed by atoms with E-state index in [1.807, 2.05) is 18.2 Å². The minimum atomic E-state index is -3.64. The van der Waals surface area contributed by atoms with Gasteiger partial charge in [-0.25, -0.2) is 13.4 Å². The summed E-state index contributed by atoms with van der Waals surface area (Å²) in [4.78, 5) is 11.4. The van der Waals surface area contributed by atoms with E-state index in [1.54, 1.807) is 37.7 Å². The molecule has 2 aliphatic rings. The summed E-state index contributed by atoms with van der Waals surface area (Å²) in [6, 6.07) is 9.34. The summed E-state index contributed by atoms with van der Waals surface area (Å²) < 4.78 is 43.4. The fourth-order valence-corrected chi connectivity index (χ4v) is 5.43. The van der Waals surface area contributed by atoms with Gasteiger partial charge in [-0.1, -0.05) is 12.7 Å². The molecule has 0 spiro atoms. The lowest BCUT2D eigenvalue weighted by Crippen LogP contribution is -2.36. The van der Waals surface area contributed by atoms with Gasteiger partial charge in [0.2, 0.25) is 16.0 Å². The molecule has 0 saturated carbocycles. The number of allylic oxidation sites excluding steroid dienone is 1. The lowest BCUT2D eigenvalue weighted by molar-refractivity contribution is 0.122. The number of morpholine rings is 1. The van der Waals surface area contributed by atoms with Crippen molar-refractivity contribution in [2.24, 2.45) is 0 Å². The Bertz CT molecular complexity index is 1690. The van der Waals surface area contributed by atoms with Gasteiger partial charge in [0.1, 0.15) is 24.7 Å². The molecule has 13 nitrogen and oxygen atoms in total. The summed E-state index contributed by atoms with van der Waals surface area (Å²) >= 11 is 0. The molecule has 1 fully saturated rings. The van der Waals surface area contributed by atoms with E-state index in [0.29, 0.717) is 65.6 Å². The van der Waals surface area contributed by atoms with E-state index < -0.39 is 10.0 Å². The fraction of sp³-hybridized carbons (Fsp3) is 0.300. The molecular formula is C30H36N8O5S. The SMILES string of the molecule is C=Cc1cnc(Nc2ccc(N3CCOCC3)c(/C(C=N)=C/NC)c2)nc1Nc1ccc2c(c1N(C)S(C)(=O)=O)OCCO2. The number of hydrogen-bond donors (Lipinski definition) is 4. The predicted octanol–water partition coefficient (Wildman–Crippen LogP) is 3.82. The maximum Gasteiger partial charge on any atom is 0.232 e. The van der Waals surface area contributed by atoms with Gasteiger partial charge < -0.3 is 40.5 Å². The van der Waals surface area contributed by atoms with Gasteiger partial charge >= 0.3 is 0 Å². The summed E-state index contributed by atoms with van der Waals surface area (Å²) in [6.07, 6.45) is 7.45. The van der Waals surface area contributed by atoms with Crippen molar-refractivity contribution >= 4 is 62.4 Å². The second-order valence-corrected chi connectivity index (χ2v) is 12.0. The lowest BCUT2D eigenvalue weighted by Gasteiger charge is -2.31. The molecule has 0 radical (unpaired) electrons.